The first-order valence-corrected chi connectivity index (χ1v) is 7.47. The lowest BCUT2D eigenvalue weighted by Gasteiger charge is -2.39. The molecule has 1 aromatic rings. The number of hydrogen-bond donors (Lipinski definition) is 1. The molecule has 0 atom stereocenters. The highest BCUT2D eigenvalue weighted by molar-refractivity contribution is 9.10. The highest BCUT2D eigenvalue weighted by Gasteiger charge is 2.36. The van der Waals surface area contributed by atoms with E-state index in [0.717, 1.165) is 31.6 Å². The molecule has 0 spiro atoms. The van der Waals surface area contributed by atoms with Crippen molar-refractivity contribution in [1.29, 1.82) is 0 Å². The molecule has 1 aromatic carbocycles. The zero-order valence-corrected chi connectivity index (χ0v) is 12.6. The molecule has 0 heterocycles. The average molecular weight is 314 g/mol. The van der Waals surface area contributed by atoms with E-state index in [1.54, 1.807) is 6.07 Å². The Morgan fingerprint density at radius 1 is 1.33 bits per heavy atom. The van der Waals surface area contributed by atoms with E-state index >= 15 is 0 Å². The minimum Gasteiger partial charge on any atom is -0.321 e. The first kappa shape index (κ1) is 14.0. The fourth-order valence-electron chi connectivity index (χ4n) is 2.98. The predicted molar refractivity (Wildman–Crippen MR) is 76.8 cm³/mol. The van der Waals surface area contributed by atoms with Crippen molar-refractivity contribution in [1.82, 2.24) is 0 Å². The SMILES string of the molecule is CC(C)C1CCC(N)(c2cccc(Br)c2F)CC1. The minimum absolute atomic E-state index is 0.192. The Bertz CT molecular complexity index is 423. The second kappa shape index (κ2) is 5.30. The van der Waals surface area contributed by atoms with Gasteiger partial charge in [-0.3, -0.25) is 0 Å². The summed E-state index contributed by atoms with van der Waals surface area (Å²) in [5.41, 5.74) is 6.63. The van der Waals surface area contributed by atoms with Crippen LogP contribution in [0.3, 0.4) is 0 Å². The van der Waals surface area contributed by atoms with Crippen molar-refractivity contribution in [3.05, 3.63) is 34.1 Å². The number of benzene rings is 1. The van der Waals surface area contributed by atoms with Crippen LogP contribution in [0.5, 0.6) is 0 Å². The molecular weight excluding hydrogens is 293 g/mol. The second-order valence-corrected chi connectivity index (χ2v) is 6.69. The average Bonchev–Trinajstić information content (AvgIpc) is 2.33. The van der Waals surface area contributed by atoms with Gasteiger partial charge in [0.15, 0.2) is 0 Å². The van der Waals surface area contributed by atoms with Crippen LogP contribution in [0.15, 0.2) is 22.7 Å². The van der Waals surface area contributed by atoms with E-state index in [1.165, 1.54) is 0 Å². The van der Waals surface area contributed by atoms with E-state index < -0.39 is 5.54 Å². The highest BCUT2D eigenvalue weighted by Crippen LogP contribution is 2.41. The molecule has 2 rings (SSSR count). The summed E-state index contributed by atoms with van der Waals surface area (Å²) in [6.45, 7) is 4.52. The van der Waals surface area contributed by atoms with E-state index in [-0.39, 0.29) is 5.82 Å². The molecule has 100 valence electrons. The van der Waals surface area contributed by atoms with E-state index in [1.807, 2.05) is 12.1 Å². The van der Waals surface area contributed by atoms with Crippen LogP contribution in [0.2, 0.25) is 0 Å². The maximum Gasteiger partial charge on any atom is 0.142 e. The molecule has 0 unspecified atom stereocenters. The molecule has 18 heavy (non-hydrogen) atoms. The first-order chi connectivity index (χ1) is 8.44. The monoisotopic (exact) mass is 313 g/mol. The molecule has 2 N–H and O–H groups in total. The quantitative estimate of drug-likeness (QED) is 0.849. The standard InChI is InChI=1S/C15H21BrFN/c1-10(2)11-6-8-15(18,9-7-11)12-4-3-5-13(16)14(12)17/h3-5,10-11H,6-9,18H2,1-2H3. The van der Waals surface area contributed by atoms with Crippen LogP contribution in [-0.4, -0.2) is 0 Å². The molecular formula is C15H21BrFN. The van der Waals surface area contributed by atoms with Crippen molar-refractivity contribution in [3.8, 4) is 0 Å². The summed E-state index contributed by atoms with van der Waals surface area (Å²) in [6, 6.07) is 5.42. The Kier molecular flexibility index (Phi) is 4.12. The largest absolute Gasteiger partial charge is 0.321 e. The van der Waals surface area contributed by atoms with E-state index in [9.17, 15) is 4.39 Å². The Hall–Kier alpha value is -0.410. The minimum atomic E-state index is -0.487. The zero-order valence-electron chi connectivity index (χ0n) is 11.0. The third kappa shape index (κ3) is 2.62. The number of nitrogens with two attached hydrogens (primary N) is 1. The summed E-state index contributed by atoms with van der Waals surface area (Å²) in [5.74, 6) is 1.24. The van der Waals surface area contributed by atoms with Crippen LogP contribution in [0.25, 0.3) is 0 Å². The van der Waals surface area contributed by atoms with Crippen LogP contribution in [-0.2, 0) is 5.54 Å². The number of halogens is 2. The van der Waals surface area contributed by atoms with Gasteiger partial charge in [0.1, 0.15) is 5.82 Å². The zero-order chi connectivity index (χ0) is 13.3. The fourth-order valence-corrected chi connectivity index (χ4v) is 3.35. The number of hydrogen-bond acceptors (Lipinski definition) is 1. The maximum absolute atomic E-state index is 14.2. The normalized spacial score (nSPS) is 28.7. The van der Waals surface area contributed by atoms with Crippen molar-refractivity contribution in [2.75, 3.05) is 0 Å². The Balaban J connectivity index is 2.21. The first-order valence-electron chi connectivity index (χ1n) is 6.67. The lowest BCUT2D eigenvalue weighted by atomic mass is 9.70. The maximum atomic E-state index is 14.2. The summed E-state index contributed by atoms with van der Waals surface area (Å²) >= 11 is 3.24. The molecule has 1 fully saturated rings. The predicted octanol–water partition coefficient (Wildman–Crippen LogP) is 4.59. The second-order valence-electron chi connectivity index (χ2n) is 5.84. The highest BCUT2D eigenvalue weighted by atomic mass is 79.9. The van der Waals surface area contributed by atoms with E-state index in [0.29, 0.717) is 16.0 Å². The van der Waals surface area contributed by atoms with Gasteiger partial charge in [-0.05, 0) is 59.5 Å². The van der Waals surface area contributed by atoms with Gasteiger partial charge in [-0.15, -0.1) is 0 Å². The molecule has 1 saturated carbocycles. The van der Waals surface area contributed by atoms with Crippen LogP contribution in [0, 0.1) is 17.7 Å². The van der Waals surface area contributed by atoms with Gasteiger partial charge >= 0.3 is 0 Å². The summed E-state index contributed by atoms with van der Waals surface area (Å²) in [7, 11) is 0. The molecule has 0 radical (unpaired) electrons. The van der Waals surface area contributed by atoms with E-state index in [4.69, 9.17) is 5.73 Å². The molecule has 3 heteroatoms. The van der Waals surface area contributed by atoms with Gasteiger partial charge < -0.3 is 5.73 Å². The van der Waals surface area contributed by atoms with Gasteiger partial charge in [0.25, 0.3) is 0 Å². The Morgan fingerprint density at radius 3 is 2.50 bits per heavy atom. The van der Waals surface area contributed by atoms with E-state index in [2.05, 4.69) is 29.8 Å². The molecule has 1 aliphatic carbocycles. The lowest BCUT2D eigenvalue weighted by molar-refractivity contribution is 0.192. The van der Waals surface area contributed by atoms with Crippen LogP contribution < -0.4 is 5.73 Å². The van der Waals surface area contributed by atoms with Gasteiger partial charge in [0.05, 0.1) is 4.47 Å². The molecule has 0 aromatic heterocycles. The summed E-state index contributed by atoms with van der Waals surface area (Å²) < 4.78 is 14.7. The smallest absolute Gasteiger partial charge is 0.142 e. The third-order valence-corrected chi connectivity index (χ3v) is 4.97. The van der Waals surface area contributed by atoms with Crippen LogP contribution >= 0.6 is 15.9 Å². The van der Waals surface area contributed by atoms with Crippen LogP contribution in [0.4, 0.5) is 4.39 Å². The van der Waals surface area contributed by atoms with Gasteiger partial charge in [-0.1, -0.05) is 26.0 Å². The fraction of sp³-hybridized carbons (Fsp3) is 0.600. The van der Waals surface area contributed by atoms with Crippen molar-refractivity contribution in [2.45, 2.75) is 45.1 Å². The molecule has 0 bridgehead atoms. The van der Waals surface area contributed by atoms with Gasteiger partial charge in [0.2, 0.25) is 0 Å². The molecule has 0 amide bonds. The van der Waals surface area contributed by atoms with Gasteiger partial charge in [-0.2, -0.15) is 0 Å². The summed E-state index contributed by atoms with van der Waals surface area (Å²) in [6.07, 6.45) is 3.95. The summed E-state index contributed by atoms with van der Waals surface area (Å²) in [4.78, 5) is 0. The van der Waals surface area contributed by atoms with Crippen molar-refractivity contribution in [3.63, 3.8) is 0 Å². The molecule has 0 saturated heterocycles. The third-order valence-electron chi connectivity index (χ3n) is 4.35. The van der Waals surface area contributed by atoms with Crippen molar-refractivity contribution >= 4 is 15.9 Å². The topological polar surface area (TPSA) is 26.0 Å². The molecule has 1 aliphatic rings. The molecule has 0 aliphatic heterocycles. The van der Waals surface area contributed by atoms with Crippen LogP contribution in [0.1, 0.15) is 45.1 Å². The lowest BCUT2D eigenvalue weighted by Crippen LogP contribution is -2.42. The van der Waals surface area contributed by atoms with Crippen molar-refractivity contribution < 1.29 is 4.39 Å². The van der Waals surface area contributed by atoms with Gasteiger partial charge in [0, 0.05) is 11.1 Å². The number of rotatable bonds is 2. The van der Waals surface area contributed by atoms with Crippen molar-refractivity contribution in [2.24, 2.45) is 17.6 Å². The molecule has 1 nitrogen and oxygen atoms in total. The Morgan fingerprint density at radius 2 is 1.94 bits per heavy atom. The summed E-state index contributed by atoms with van der Waals surface area (Å²) in [5, 5.41) is 0. The van der Waals surface area contributed by atoms with Gasteiger partial charge in [-0.25, -0.2) is 4.39 Å². The Labute approximate surface area is 117 Å².